The van der Waals surface area contributed by atoms with E-state index in [0.717, 1.165) is 23.3 Å². The third-order valence-electron chi connectivity index (χ3n) is 6.15. The Morgan fingerprint density at radius 1 is 0.833 bits per heavy atom. The number of methoxy groups -OCH3 is 1. The van der Waals surface area contributed by atoms with Gasteiger partial charge in [0.15, 0.2) is 5.75 Å². The van der Waals surface area contributed by atoms with Crippen molar-refractivity contribution >= 4 is 34.6 Å². The molecule has 4 rings (SSSR count). The first kappa shape index (κ1) is 30.4. The van der Waals surface area contributed by atoms with Crippen LogP contribution in [0.2, 0.25) is 0 Å². The van der Waals surface area contributed by atoms with Gasteiger partial charge in [0.2, 0.25) is 4.90 Å². The van der Waals surface area contributed by atoms with Crippen LogP contribution in [0.4, 0.5) is 20.2 Å². The summed E-state index contributed by atoms with van der Waals surface area (Å²) in [6.07, 6.45) is 0. The molecule has 0 heterocycles. The fourth-order valence-electron chi connectivity index (χ4n) is 4.12. The standard InChI is InChI=1S/C31H30F2N4O4S/c1-37(2)31(39)22-7-4-6-20(14-22)21-10-11-28(41-3)29(17-21)42(40)36-27-9-5-8-26(19-27)34-12-13-35-30(38)23-15-24(32)18-25(33)16-23/h4-11,14-19,34,36H,12-13H2,1-3H3,(H,35,38). The first-order chi connectivity index (χ1) is 20.1. The van der Waals surface area contributed by atoms with E-state index in [2.05, 4.69) is 15.4 Å². The normalized spacial score (nSPS) is 11.4. The molecule has 1 atom stereocenters. The van der Waals surface area contributed by atoms with Crippen LogP contribution in [0.3, 0.4) is 0 Å². The smallest absolute Gasteiger partial charge is 0.253 e. The molecule has 0 spiro atoms. The lowest BCUT2D eigenvalue weighted by atomic mass is 10.0. The molecule has 1 unspecified atom stereocenters. The van der Waals surface area contributed by atoms with E-state index in [1.807, 2.05) is 12.1 Å². The number of rotatable bonds is 11. The molecule has 2 amide bonds. The van der Waals surface area contributed by atoms with Crippen molar-refractivity contribution < 1.29 is 27.7 Å². The number of halogens is 2. The Hall–Kier alpha value is -4.61. The van der Waals surface area contributed by atoms with Gasteiger partial charge in [-0.25, -0.2) is 13.5 Å². The number of carbonyl (C=O) groups is 2. The van der Waals surface area contributed by atoms with E-state index in [1.54, 1.807) is 68.7 Å². The van der Waals surface area contributed by atoms with Crippen LogP contribution in [0, 0.1) is 11.6 Å². The fourth-order valence-corrected chi connectivity index (χ4v) is 5.13. The van der Waals surface area contributed by atoms with Crippen molar-refractivity contribution in [3.05, 3.63) is 108 Å². The van der Waals surface area contributed by atoms with Gasteiger partial charge in [-0.05, 0) is 59.7 Å². The molecule has 0 fully saturated rings. The molecule has 0 aromatic heterocycles. The second kappa shape index (κ2) is 13.8. The molecule has 0 saturated carbocycles. The van der Waals surface area contributed by atoms with Crippen LogP contribution in [-0.2, 0) is 11.4 Å². The van der Waals surface area contributed by atoms with E-state index in [9.17, 15) is 22.9 Å². The maximum Gasteiger partial charge on any atom is 0.253 e. The van der Waals surface area contributed by atoms with Gasteiger partial charge in [0.05, 0.1) is 12.8 Å². The number of nitrogens with zero attached hydrogens (tertiary/aromatic N) is 1. The number of nitrogens with one attached hydrogen (secondary N) is 3. The molecule has 11 heteroatoms. The van der Waals surface area contributed by atoms with Gasteiger partial charge in [0.25, 0.3) is 11.8 Å². The molecule has 0 aliphatic rings. The molecule has 0 aliphatic heterocycles. The molecule has 0 radical (unpaired) electrons. The molecular weight excluding hydrogens is 562 g/mol. The summed E-state index contributed by atoms with van der Waals surface area (Å²) in [6.45, 7) is 0.535. The van der Waals surface area contributed by atoms with Crippen LogP contribution in [0.5, 0.6) is 5.75 Å². The van der Waals surface area contributed by atoms with Crippen molar-refractivity contribution in [3.63, 3.8) is 0 Å². The van der Waals surface area contributed by atoms with Gasteiger partial charge in [-0.2, -0.15) is 0 Å². The van der Waals surface area contributed by atoms with E-state index in [4.69, 9.17) is 4.74 Å². The van der Waals surface area contributed by atoms with Gasteiger partial charge in [-0.15, -0.1) is 0 Å². The summed E-state index contributed by atoms with van der Waals surface area (Å²) in [6, 6.07) is 22.3. The summed E-state index contributed by atoms with van der Waals surface area (Å²) >= 11 is -1.69. The highest BCUT2D eigenvalue weighted by atomic mass is 32.2. The second-order valence-electron chi connectivity index (χ2n) is 9.44. The Labute approximate surface area is 246 Å². The number of anilines is 2. The van der Waals surface area contributed by atoms with E-state index < -0.39 is 28.9 Å². The zero-order valence-corrected chi connectivity index (χ0v) is 24.1. The van der Waals surface area contributed by atoms with E-state index in [0.29, 0.717) is 40.2 Å². The van der Waals surface area contributed by atoms with Crippen LogP contribution in [0.25, 0.3) is 11.1 Å². The highest BCUT2D eigenvalue weighted by Crippen LogP contribution is 2.32. The largest absolute Gasteiger partial charge is 0.588 e. The Kier molecular flexibility index (Phi) is 10.00. The van der Waals surface area contributed by atoms with Crippen molar-refractivity contribution in [2.75, 3.05) is 44.3 Å². The van der Waals surface area contributed by atoms with Crippen molar-refractivity contribution in [1.29, 1.82) is 0 Å². The predicted molar refractivity (Wildman–Crippen MR) is 160 cm³/mol. The quantitative estimate of drug-likeness (QED) is 0.161. The SMILES string of the molecule is COc1ccc(-c2cccc(C(=O)N(C)C)c2)cc1[S+]([O-])Nc1cccc(NCCNC(=O)c2cc(F)cc(F)c2)c1. The summed E-state index contributed by atoms with van der Waals surface area (Å²) in [4.78, 5) is 26.5. The number of amides is 2. The molecule has 8 nitrogen and oxygen atoms in total. The highest BCUT2D eigenvalue weighted by Gasteiger charge is 2.20. The van der Waals surface area contributed by atoms with Crippen LogP contribution in [0.1, 0.15) is 20.7 Å². The first-order valence-corrected chi connectivity index (χ1v) is 14.1. The van der Waals surface area contributed by atoms with Gasteiger partial charge < -0.3 is 24.8 Å². The van der Waals surface area contributed by atoms with Crippen molar-refractivity contribution in [1.82, 2.24) is 10.2 Å². The van der Waals surface area contributed by atoms with Crippen molar-refractivity contribution in [3.8, 4) is 16.9 Å². The van der Waals surface area contributed by atoms with Gasteiger partial charge in [0.1, 0.15) is 23.0 Å². The van der Waals surface area contributed by atoms with Gasteiger partial charge in [-0.3, -0.25) is 9.59 Å². The van der Waals surface area contributed by atoms with E-state index in [-0.39, 0.29) is 18.0 Å². The molecule has 3 N–H and O–H groups in total. The molecule has 0 aliphatic carbocycles. The van der Waals surface area contributed by atoms with Crippen LogP contribution in [-0.4, -0.2) is 55.6 Å². The zero-order chi connectivity index (χ0) is 30.2. The molecular formula is C31H30F2N4O4S. The summed E-state index contributed by atoms with van der Waals surface area (Å²) in [5.41, 5.74) is 3.28. The third-order valence-corrected chi connectivity index (χ3v) is 7.29. The number of benzene rings is 4. The third kappa shape index (κ3) is 7.77. The summed E-state index contributed by atoms with van der Waals surface area (Å²) in [7, 11) is 4.88. The Morgan fingerprint density at radius 2 is 1.52 bits per heavy atom. The minimum atomic E-state index is -1.69. The first-order valence-electron chi connectivity index (χ1n) is 12.9. The average Bonchev–Trinajstić information content (AvgIpc) is 2.98. The summed E-state index contributed by atoms with van der Waals surface area (Å²) in [5.74, 6) is -1.92. The Morgan fingerprint density at radius 3 is 2.24 bits per heavy atom. The van der Waals surface area contributed by atoms with Crippen LogP contribution >= 0.6 is 0 Å². The minimum Gasteiger partial charge on any atom is -0.588 e. The average molecular weight is 593 g/mol. The number of hydrogen-bond donors (Lipinski definition) is 3. The number of ether oxygens (including phenoxy) is 1. The number of hydrogen-bond acceptors (Lipinski definition) is 6. The topological polar surface area (TPSA) is 106 Å². The Bertz CT molecular complexity index is 1560. The van der Waals surface area contributed by atoms with Gasteiger partial charge >= 0.3 is 0 Å². The molecule has 0 saturated heterocycles. The van der Waals surface area contributed by atoms with Crippen LogP contribution in [0.15, 0.2) is 89.8 Å². The molecule has 4 aromatic rings. The zero-order valence-electron chi connectivity index (χ0n) is 23.2. The highest BCUT2D eigenvalue weighted by molar-refractivity contribution is 7.92. The van der Waals surface area contributed by atoms with Gasteiger partial charge in [-0.1, -0.05) is 24.3 Å². The summed E-state index contributed by atoms with van der Waals surface area (Å²) in [5, 5.41) is 5.75. The lowest BCUT2D eigenvalue weighted by molar-refractivity contribution is 0.0827. The maximum atomic E-state index is 13.4. The fraction of sp³-hybridized carbons (Fsp3) is 0.161. The molecule has 4 aromatic carbocycles. The molecule has 0 bridgehead atoms. The molecule has 42 heavy (non-hydrogen) atoms. The van der Waals surface area contributed by atoms with E-state index in [1.165, 1.54) is 12.0 Å². The Balaban J connectivity index is 1.41. The maximum absolute atomic E-state index is 13.4. The lowest BCUT2D eigenvalue weighted by Gasteiger charge is -2.16. The van der Waals surface area contributed by atoms with Gasteiger partial charge in [0, 0.05) is 56.1 Å². The lowest BCUT2D eigenvalue weighted by Crippen LogP contribution is -2.28. The van der Waals surface area contributed by atoms with Crippen molar-refractivity contribution in [2.24, 2.45) is 0 Å². The predicted octanol–water partition coefficient (Wildman–Crippen LogP) is 5.32. The van der Waals surface area contributed by atoms with Crippen LogP contribution < -0.4 is 20.1 Å². The minimum absolute atomic E-state index is 0.101. The second-order valence-corrected chi connectivity index (χ2v) is 10.6. The van der Waals surface area contributed by atoms with Crippen molar-refractivity contribution in [2.45, 2.75) is 4.90 Å². The molecule has 218 valence electrons. The van der Waals surface area contributed by atoms with E-state index >= 15 is 0 Å². The number of carbonyl (C=O) groups excluding carboxylic acids is 2. The monoisotopic (exact) mass is 592 g/mol. The summed E-state index contributed by atoms with van der Waals surface area (Å²) < 4.78 is 48.6.